The second-order valence-electron chi connectivity index (χ2n) is 5.58. The number of hydrogen-bond donors (Lipinski definition) is 1. The molecule has 0 radical (unpaired) electrons. The van der Waals surface area contributed by atoms with Crippen LogP contribution in [0.3, 0.4) is 0 Å². The standard InChI is InChI=1S/C15H17N3O2/c19-15(10-4-5-11-9-16-17-12(11)8-10)18-6-7-20-14-3-1-2-13(14)18/h4-5,8-9,13-14H,1-3,6-7H2,(H,16,17). The number of carbonyl (C=O) groups excluding carboxylic acids is 1. The average molecular weight is 271 g/mol. The van der Waals surface area contributed by atoms with E-state index in [1.807, 2.05) is 23.1 Å². The largest absolute Gasteiger partial charge is 0.374 e. The van der Waals surface area contributed by atoms with E-state index in [0.717, 1.165) is 35.7 Å². The monoisotopic (exact) mass is 271 g/mol. The summed E-state index contributed by atoms with van der Waals surface area (Å²) in [6, 6.07) is 5.98. The molecule has 4 rings (SSSR count). The number of morpholine rings is 1. The second-order valence-corrected chi connectivity index (χ2v) is 5.58. The van der Waals surface area contributed by atoms with Crippen molar-refractivity contribution in [1.82, 2.24) is 15.1 Å². The number of amides is 1. The van der Waals surface area contributed by atoms with Gasteiger partial charge in [0.1, 0.15) is 0 Å². The number of nitrogens with one attached hydrogen (secondary N) is 1. The summed E-state index contributed by atoms with van der Waals surface area (Å²) in [4.78, 5) is 14.7. The van der Waals surface area contributed by atoms with Gasteiger partial charge in [0.05, 0.1) is 30.5 Å². The Morgan fingerprint density at radius 2 is 2.35 bits per heavy atom. The molecule has 2 atom stereocenters. The van der Waals surface area contributed by atoms with Crippen molar-refractivity contribution >= 4 is 16.8 Å². The van der Waals surface area contributed by atoms with E-state index < -0.39 is 0 Å². The van der Waals surface area contributed by atoms with Gasteiger partial charge in [0.2, 0.25) is 0 Å². The summed E-state index contributed by atoms with van der Waals surface area (Å²) < 4.78 is 5.77. The van der Waals surface area contributed by atoms with Crippen molar-refractivity contribution in [3.8, 4) is 0 Å². The molecule has 2 aromatic rings. The summed E-state index contributed by atoms with van der Waals surface area (Å²) in [6.07, 6.45) is 5.30. The number of aromatic nitrogens is 2. The summed E-state index contributed by atoms with van der Waals surface area (Å²) in [6.45, 7) is 1.35. The van der Waals surface area contributed by atoms with Crippen molar-refractivity contribution < 1.29 is 9.53 Å². The maximum Gasteiger partial charge on any atom is 0.254 e. The van der Waals surface area contributed by atoms with Gasteiger partial charge in [-0.1, -0.05) is 6.07 Å². The molecule has 1 aromatic carbocycles. The van der Waals surface area contributed by atoms with Gasteiger partial charge in [-0.3, -0.25) is 9.89 Å². The Hall–Kier alpha value is -1.88. The highest BCUT2D eigenvalue weighted by molar-refractivity contribution is 5.98. The number of benzene rings is 1. The molecular weight excluding hydrogens is 254 g/mol. The summed E-state index contributed by atoms with van der Waals surface area (Å²) >= 11 is 0. The van der Waals surface area contributed by atoms with E-state index in [1.54, 1.807) is 6.20 Å². The first-order chi connectivity index (χ1) is 9.83. The Balaban J connectivity index is 1.65. The summed E-state index contributed by atoms with van der Waals surface area (Å²) in [7, 11) is 0. The number of H-pyrrole nitrogens is 1. The molecule has 0 spiro atoms. The van der Waals surface area contributed by atoms with Crippen LogP contribution in [0.1, 0.15) is 29.6 Å². The normalized spacial score (nSPS) is 25.9. The zero-order valence-electron chi connectivity index (χ0n) is 11.2. The molecule has 2 heterocycles. The highest BCUT2D eigenvalue weighted by Gasteiger charge is 2.38. The minimum Gasteiger partial charge on any atom is -0.374 e. The van der Waals surface area contributed by atoms with Crippen LogP contribution < -0.4 is 0 Å². The van der Waals surface area contributed by atoms with Crippen LogP contribution in [0.2, 0.25) is 0 Å². The van der Waals surface area contributed by atoms with E-state index in [-0.39, 0.29) is 18.1 Å². The number of carbonyl (C=O) groups is 1. The topological polar surface area (TPSA) is 58.2 Å². The van der Waals surface area contributed by atoms with Gasteiger partial charge in [-0.15, -0.1) is 0 Å². The highest BCUT2D eigenvalue weighted by Crippen LogP contribution is 2.30. The number of aromatic amines is 1. The molecule has 1 aliphatic heterocycles. The van der Waals surface area contributed by atoms with Crippen LogP contribution >= 0.6 is 0 Å². The molecule has 1 saturated heterocycles. The van der Waals surface area contributed by atoms with Crippen LogP contribution in [0.4, 0.5) is 0 Å². The van der Waals surface area contributed by atoms with E-state index >= 15 is 0 Å². The molecule has 1 aromatic heterocycles. The van der Waals surface area contributed by atoms with E-state index in [2.05, 4.69) is 10.2 Å². The Bertz CT molecular complexity index is 651. The molecule has 5 heteroatoms. The number of nitrogens with zero attached hydrogens (tertiary/aromatic N) is 2. The predicted octanol–water partition coefficient (Wildman–Crippen LogP) is 1.96. The minimum absolute atomic E-state index is 0.113. The lowest BCUT2D eigenvalue weighted by Crippen LogP contribution is -2.51. The number of hydrogen-bond acceptors (Lipinski definition) is 3. The third-order valence-corrected chi connectivity index (χ3v) is 4.43. The lowest BCUT2D eigenvalue weighted by atomic mass is 10.1. The SMILES string of the molecule is O=C(c1ccc2cn[nH]c2c1)N1CCOC2CCCC21. The van der Waals surface area contributed by atoms with Crippen molar-refractivity contribution in [3.05, 3.63) is 30.0 Å². The first kappa shape index (κ1) is 11.9. The predicted molar refractivity (Wildman–Crippen MR) is 74.5 cm³/mol. The molecule has 0 bridgehead atoms. The molecule has 5 nitrogen and oxygen atoms in total. The first-order valence-corrected chi connectivity index (χ1v) is 7.18. The fraction of sp³-hybridized carbons (Fsp3) is 0.467. The Morgan fingerprint density at radius 1 is 1.40 bits per heavy atom. The van der Waals surface area contributed by atoms with E-state index in [0.29, 0.717) is 13.2 Å². The van der Waals surface area contributed by atoms with Crippen LogP contribution in [0.25, 0.3) is 10.9 Å². The number of ether oxygens (including phenoxy) is 1. The van der Waals surface area contributed by atoms with Gasteiger partial charge in [-0.05, 0) is 31.4 Å². The van der Waals surface area contributed by atoms with E-state index in [9.17, 15) is 4.79 Å². The summed E-state index contributed by atoms with van der Waals surface area (Å²) in [5, 5.41) is 7.95. The van der Waals surface area contributed by atoms with Gasteiger partial charge >= 0.3 is 0 Å². The van der Waals surface area contributed by atoms with Crippen LogP contribution in [-0.2, 0) is 4.74 Å². The van der Waals surface area contributed by atoms with Crippen molar-refractivity contribution in [2.75, 3.05) is 13.2 Å². The summed E-state index contributed by atoms with van der Waals surface area (Å²) in [5.41, 5.74) is 1.64. The Kier molecular flexibility index (Phi) is 2.73. The van der Waals surface area contributed by atoms with E-state index in [1.165, 1.54) is 0 Å². The third-order valence-electron chi connectivity index (χ3n) is 4.43. The molecule has 1 N–H and O–H groups in total. The molecule has 2 unspecified atom stereocenters. The smallest absolute Gasteiger partial charge is 0.254 e. The lowest BCUT2D eigenvalue weighted by molar-refractivity contribution is -0.0445. The fourth-order valence-electron chi connectivity index (χ4n) is 3.41. The molecular formula is C15H17N3O2. The maximum atomic E-state index is 12.7. The van der Waals surface area contributed by atoms with Gasteiger partial charge in [-0.25, -0.2) is 0 Å². The quantitative estimate of drug-likeness (QED) is 0.862. The fourth-order valence-corrected chi connectivity index (χ4v) is 3.41. The lowest BCUT2D eigenvalue weighted by Gasteiger charge is -2.37. The third kappa shape index (κ3) is 1.81. The van der Waals surface area contributed by atoms with Gasteiger partial charge in [-0.2, -0.15) is 5.10 Å². The van der Waals surface area contributed by atoms with Crippen molar-refractivity contribution in [3.63, 3.8) is 0 Å². The van der Waals surface area contributed by atoms with Gasteiger partial charge in [0, 0.05) is 17.5 Å². The van der Waals surface area contributed by atoms with Crippen molar-refractivity contribution in [2.24, 2.45) is 0 Å². The summed E-state index contributed by atoms with van der Waals surface area (Å²) in [5.74, 6) is 0.113. The van der Waals surface area contributed by atoms with Crippen LogP contribution in [0.15, 0.2) is 24.4 Å². The van der Waals surface area contributed by atoms with E-state index in [4.69, 9.17) is 4.74 Å². The molecule has 1 amide bonds. The Labute approximate surface area is 116 Å². The zero-order valence-corrected chi connectivity index (χ0v) is 11.2. The van der Waals surface area contributed by atoms with Gasteiger partial charge < -0.3 is 9.64 Å². The number of rotatable bonds is 1. The van der Waals surface area contributed by atoms with Crippen LogP contribution in [0.5, 0.6) is 0 Å². The van der Waals surface area contributed by atoms with Crippen LogP contribution in [0, 0.1) is 0 Å². The molecule has 2 aliphatic rings. The number of fused-ring (bicyclic) bond motifs is 2. The minimum atomic E-state index is 0.113. The van der Waals surface area contributed by atoms with Crippen molar-refractivity contribution in [1.29, 1.82) is 0 Å². The van der Waals surface area contributed by atoms with Crippen LogP contribution in [-0.4, -0.2) is 46.3 Å². The molecule has 104 valence electrons. The average Bonchev–Trinajstić information content (AvgIpc) is 3.13. The Morgan fingerprint density at radius 3 is 3.30 bits per heavy atom. The maximum absolute atomic E-state index is 12.7. The molecule has 2 fully saturated rings. The van der Waals surface area contributed by atoms with Crippen molar-refractivity contribution in [2.45, 2.75) is 31.4 Å². The van der Waals surface area contributed by atoms with Gasteiger partial charge in [0.15, 0.2) is 0 Å². The zero-order chi connectivity index (χ0) is 13.5. The molecule has 20 heavy (non-hydrogen) atoms. The highest BCUT2D eigenvalue weighted by atomic mass is 16.5. The van der Waals surface area contributed by atoms with Gasteiger partial charge in [0.25, 0.3) is 5.91 Å². The second kappa shape index (κ2) is 4.59. The first-order valence-electron chi connectivity index (χ1n) is 7.18. The molecule has 1 saturated carbocycles. The molecule has 1 aliphatic carbocycles.